The maximum Gasteiger partial charge on any atom is 0.161 e. The first-order valence-electron chi connectivity index (χ1n) is 13.2. The minimum absolute atomic E-state index is 0.129. The zero-order valence-corrected chi connectivity index (χ0v) is 21.5. The summed E-state index contributed by atoms with van der Waals surface area (Å²) >= 11 is 0. The molecule has 0 atom stereocenters. The van der Waals surface area contributed by atoms with Crippen LogP contribution in [-0.2, 0) is 5.41 Å². The Bertz CT molecular complexity index is 1280. The van der Waals surface area contributed by atoms with Crippen LogP contribution < -0.4 is 9.47 Å². The lowest BCUT2D eigenvalue weighted by Crippen LogP contribution is -2.28. The minimum Gasteiger partial charge on any atom is -0.504 e. The molecule has 1 aliphatic rings. The van der Waals surface area contributed by atoms with Crippen LogP contribution in [0.25, 0.3) is 11.1 Å². The van der Waals surface area contributed by atoms with E-state index >= 15 is 0 Å². The summed E-state index contributed by atoms with van der Waals surface area (Å²) in [4.78, 5) is 0. The van der Waals surface area contributed by atoms with Crippen molar-refractivity contribution in [1.29, 1.82) is 0 Å². The molecule has 4 nitrogen and oxygen atoms in total. The van der Waals surface area contributed by atoms with E-state index in [0.717, 1.165) is 47.9 Å². The van der Waals surface area contributed by atoms with Gasteiger partial charge in [-0.1, -0.05) is 87.4 Å². The highest BCUT2D eigenvalue weighted by Crippen LogP contribution is 2.57. The molecule has 0 heterocycles. The van der Waals surface area contributed by atoms with E-state index in [9.17, 15) is 10.2 Å². The highest BCUT2D eigenvalue weighted by atomic mass is 16.5. The van der Waals surface area contributed by atoms with Gasteiger partial charge in [0, 0.05) is 0 Å². The van der Waals surface area contributed by atoms with Crippen molar-refractivity contribution in [2.45, 2.75) is 44.9 Å². The lowest BCUT2D eigenvalue weighted by molar-refractivity contribution is 0.291. The van der Waals surface area contributed by atoms with Crippen LogP contribution in [0.15, 0.2) is 84.9 Å². The Labute approximate surface area is 219 Å². The Kier molecular flexibility index (Phi) is 7.09. The minimum atomic E-state index is -0.680. The van der Waals surface area contributed by atoms with E-state index in [1.165, 1.54) is 11.1 Å². The number of rotatable bonds is 10. The van der Waals surface area contributed by atoms with Gasteiger partial charge in [0.25, 0.3) is 0 Å². The molecule has 2 N–H and O–H groups in total. The molecule has 4 heteroatoms. The average Bonchev–Trinajstić information content (AvgIpc) is 3.22. The Balaban J connectivity index is 1.77. The van der Waals surface area contributed by atoms with Crippen molar-refractivity contribution in [2.75, 3.05) is 13.2 Å². The third-order valence-corrected chi connectivity index (χ3v) is 7.25. The molecule has 0 saturated carbocycles. The molecule has 0 aliphatic heterocycles. The van der Waals surface area contributed by atoms with Crippen LogP contribution in [0.5, 0.6) is 23.0 Å². The van der Waals surface area contributed by atoms with Gasteiger partial charge >= 0.3 is 0 Å². The number of ether oxygens (including phenoxy) is 2. The normalized spacial score (nSPS) is 13.1. The first-order valence-corrected chi connectivity index (χ1v) is 13.2. The Morgan fingerprint density at radius 2 is 1.03 bits per heavy atom. The van der Waals surface area contributed by atoms with E-state index in [2.05, 4.69) is 62.4 Å². The molecule has 0 bridgehead atoms. The molecule has 4 aromatic rings. The molecule has 0 fully saturated rings. The lowest BCUT2D eigenvalue weighted by atomic mass is 9.67. The van der Waals surface area contributed by atoms with Crippen LogP contribution in [0.4, 0.5) is 0 Å². The van der Waals surface area contributed by atoms with Gasteiger partial charge in [-0.05, 0) is 70.5 Å². The summed E-state index contributed by atoms with van der Waals surface area (Å²) in [6, 6.07) is 28.3. The first kappa shape index (κ1) is 24.8. The van der Waals surface area contributed by atoms with E-state index < -0.39 is 5.41 Å². The number of fused-ring (bicyclic) bond motifs is 3. The van der Waals surface area contributed by atoms with Crippen molar-refractivity contribution in [1.82, 2.24) is 0 Å². The van der Waals surface area contributed by atoms with Gasteiger partial charge in [0.05, 0.1) is 18.6 Å². The van der Waals surface area contributed by atoms with Crippen molar-refractivity contribution in [3.63, 3.8) is 0 Å². The van der Waals surface area contributed by atoms with Gasteiger partial charge in [-0.15, -0.1) is 0 Å². The van der Waals surface area contributed by atoms with E-state index in [-0.39, 0.29) is 11.5 Å². The monoisotopic (exact) mass is 494 g/mol. The molecular formula is C33H34O4. The highest BCUT2D eigenvalue weighted by molar-refractivity contribution is 5.86. The third kappa shape index (κ3) is 4.31. The van der Waals surface area contributed by atoms with Crippen LogP contribution in [0.2, 0.25) is 0 Å². The molecule has 5 rings (SSSR count). The first-order chi connectivity index (χ1) is 18.1. The zero-order chi connectivity index (χ0) is 25.8. The van der Waals surface area contributed by atoms with E-state index in [4.69, 9.17) is 9.47 Å². The van der Waals surface area contributed by atoms with Gasteiger partial charge in [0.1, 0.15) is 0 Å². The molecule has 0 unspecified atom stereocenters. The average molecular weight is 495 g/mol. The van der Waals surface area contributed by atoms with Crippen LogP contribution in [0, 0.1) is 0 Å². The van der Waals surface area contributed by atoms with Crippen molar-refractivity contribution >= 4 is 0 Å². The van der Waals surface area contributed by atoms with Gasteiger partial charge in [-0.25, -0.2) is 0 Å². The number of hydrogen-bond donors (Lipinski definition) is 2. The molecule has 0 aromatic heterocycles. The van der Waals surface area contributed by atoms with Gasteiger partial charge in [0.15, 0.2) is 23.0 Å². The molecule has 190 valence electrons. The number of hydrogen-bond acceptors (Lipinski definition) is 4. The second-order valence-electron chi connectivity index (χ2n) is 9.61. The molecule has 0 amide bonds. The molecule has 37 heavy (non-hydrogen) atoms. The van der Waals surface area contributed by atoms with Gasteiger partial charge in [-0.3, -0.25) is 0 Å². The summed E-state index contributed by atoms with van der Waals surface area (Å²) in [5.74, 6) is 1.21. The molecule has 4 aromatic carbocycles. The second kappa shape index (κ2) is 10.6. The fraction of sp³-hybridized carbons (Fsp3) is 0.273. The Hall–Kier alpha value is -3.92. The molecule has 1 aliphatic carbocycles. The van der Waals surface area contributed by atoms with Crippen LogP contribution in [0.1, 0.15) is 61.8 Å². The van der Waals surface area contributed by atoms with Crippen molar-refractivity contribution in [3.05, 3.63) is 107 Å². The molecule has 0 saturated heterocycles. The number of unbranched alkanes of at least 4 members (excludes halogenated alkanes) is 2. The summed E-state index contributed by atoms with van der Waals surface area (Å²) < 4.78 is 12.1. The standard InChI is InChI=1S/C33H34O4/c1-3-5-19-36-31-21-23(15-17-29(31)34)33(24-16-18-30(35)32(22-24)37-20-6-4-2)27-13-9-7-11-25(27)26-12-8-10-14-28(26)33/h7-18,21-22,34-35H,3-6,19-20H2,1-2H3. The third-order valence-electron chi connectivity index (χ3n) is 7.25. The molecule has 0 radical (unpaired) electrons. The topological polar surface area (TPSA) is 58.9 Å². The van der Waals surface area contributed by atoms with Gasteiger partial charge in [-0.2, -0.15) is 0 Å². The zero-order valence-electron chi connectivity index (χ0n) is 21.5. The fourth-order valence-electron chi connectivity index (χ4n) is 5.40. The van der Waals surface area contributed by atoms with Crippen molar-refractivity contribution in [3.8, 4) is 34.1 Å². The van der Waals surface area contributed by atoms with Crippen molar-refractivity contribution < 1.29 is 19.7 Å². The SMILES string of the molecule is CCCCOc1cc(C2(c3ccc(O)c(OCCCC)c3)c3ccccc3-c3ccccc32)ccc1O. The van der Waals surface area contributed by atoms with E-state index in [1.54, 1.807) is 12.1 Å². The number of phenolic OH excluding ortho intramolecular Hbond substituents is 2. The summed E-state index contributed by atoms with van der Waals surface area (Å²) in [7, 11) is 0. The summed E-state index contributed by atoms with van der Waals surface area (Å²) in [6.07, 6.45) is 3.85. The molecular weight excluding hydrogens is 460 g/mol. The summed E-state index contributed by atoms with van der Waals surface area (Å²) in [6.45, 7) is 5.32. The van der Waals surface area contributed by atoms with Crippen LogP contribution in [0.3, 0.4) is 0 Å². The van der Waals surface area contributed by atoms with E-state index in [0.29, 0.717) is 24.7 Å². The number of benzene rings is 4. The summed E-state index contributed by atoms with van der Waals surface area (Å²) in [5, 5.41) is 21.3. The fourth-order valence-corrected chi connectivity index (χ4v) is 5.40. The summed E-state index contributed by atoms with van der Waals surface area (Å²) in [5.41, 5.74) is 5.92. The predicted molar refractivity (Wildman–Crippen MR) is 148 cm³/mol. The second-order valence-corrected chi connectivity index (χ2v) is 9.61. The number of phenols is 2. The largest absolute Gasteiger partial charge is 0.504 e. The van der Waals surface area contributed by atoms with E-state index in [1.807, 2.05) is 24.3 Å². The van der Waals surface area contributed by atoms with Crippen molar-refractivity contribution in [2.24, 2.45) is 0 Å². The number of aromatic hydroxyl groups is 2. The smallest absolute Gasteiger partial charge is 0.161 e. The maximum atomic E-state index is 10.6. The molecule has 0 spiro atoms. The van der Waals surface area contributed by atoms with Crippen LogP contribution in [-0.4, -0.2) is 23.4 Å². The predicted octanol–water partition coefficient (Wildman–Crippen LogP) is 7.82. The lowest BCUT2D eigenvalue weighted by Gasteiger charge is -2.34. The highest BCUT2D eigenvalue weighted by Gasteiger charge is 2.46. The van der Waals surface area contributed by atoms with Crippen LogP contribution >= 0.6 is 0 Å². The Morgan fingerprint density at radius 3 is 1.46 bits per heavy atom. The van der Waals surface area contributed by atoms with Gasteiger partial charge < -0.3 is 19.7 Å². The maximum absolute atomic E-state index is 10.6. The van der Waals surface area contributed by atoms with Gasteiger partial charge in [0.2, 0.25) is 0 Å². The quantitative estimate of drug-likeness (QED) is 0.194. The Morgan fingerprint density at radius 1 is 0.595 bits per heavy atom.